The van der Waals surface area contributed by atoms with Crippen LogP contribution in [0, 0.1) is 0 Å². The van der Waals surface area contributed by atoms with Crippen LogP contribution in [0.2, 0.25) is 0 Å². The van der Waals surface area contributed by atoms with Crippen LogP contribution in [-0.2, 0) is 17.6 Å². The summed E-state index contributed by atoms with van der Waals surface area (Å²) < 4.78 is 5.09. The molecule has 1 aromatic rings. The van der Waals surface area contributed by atoms with Crippen molar-refractivity contribution in [3.8, 4) is 0 Å². The molecule has 4 nitrogen and oxygen atoms in total. The molecule has 2 rings (SSSR count). The summed E-state index contributed by atoms with van der Waals surface area (Å²) in [5.41, 5.74) is 8.27. The summed E-state index contributed by atoms with van der Waals surface area (Å²) >= 11 is 0. The number of hydrogen-bond donors (Lipinski definition) is 2. The molecule has 0 aromatic carbocycles. The molecule has 0 saturated carbocycles. The van der Waals surface area contributed by atoms with Crippen molar-refractivity contribution >= 4 is 5.82 Å². The molecule has 1 heterocycles. The Morgan fingerprint density at radius 3 is 3.12 bits per heavy atom. The Kier molecular flexibility index (Phi) is 3.74. The minimum Gasteiger partial charge on any atom is -0.383 e. The summed E-state index contributed by atoms with van der Waals surface area (Å²) in [4.78, 5) is 4.60. The third kappa shape index (κ3) is 2.51. The van der Waals surface area contributed by atoms with Crippen LogP contribution in [-0.4, -0.2) is 31.3 Å². The van der Waals surface area contributed by atoms with Gasteiger partial charge in [-0.25, -0.2) is 4.98 Å². The van der Waals surface area contributed by atoms with Crippen LogP contribution in [0.3, 0.4) is 0 Å². The van der Waals surface area contributed by atoms with Crippen molar-refractivity contribution in [3.05, 3.63) is 23.4 Å². The molecule has 16 heavy (non-hydrogen) atoms. The molecule has 0 amide bonds. The molecule has 0 saturated heterocycles. The van der Waals surface area contributed by atoms with E-state index < -0.39 is 0 Å². The summed E-state index contributed by atoms with van der Waals surface area (Å²) in [6, 6.07) is 4.33. The van der Waals surface area contributed by atoms with Crippen molar-refractivity contribution in [2.24, 2.45) is 5.73 Å². The second-order valence-electron chi connectivity index (χ2n) is 4.19. The van der Waals surface area contributed by atoms with E-state index in [9.17, 15) is 0 Å². The number of rotatable bonds is 5. The Hall–Kier alpha value is -1.13. The summed E-state index contributed by atoms with van der Waals surface area (Å²) in [5, 5.41) is 3.30. The lowest BCUT2D eigenvalue weighted by Crippen LogP contribution is -2.33. The van der Waals surface area contributed by atoms with Gasteiger partial charge in [0.05, 0.1) is 12.6 Å². The zero-order chi connectivity index (χ0) is 11.4. The number of aryl methyl sites for hydroxylation is 2. The number of methoxy groups -OCH3 is 1. The highest BCUT2D eigenvalue weighted by molar-refractivity contribution is 5.41. The average molecular weight is 221 g/mol. The molecule has 4 heteroatoms. The number of hydrogen-bond acceptors (Lipinski definition) is 4. The van der Waals surface area contributed by atoms with E-state index in [0.29, 0.717) is 13.2 Å². The van der Waals surface area contributed by atoms with Crippen molar-refractivity contribution in [2.75, 3.05) is 25.6 Å². The predicted molar refractivity (Wildman–Crippen MR) is 64.6 cm³/mol. The highest BCUT2D eigenvalue weighted by Gasteiger charge is 2.13. The molecule has 1 aromatic heterocycles. The molecule has 1 aliphatic carbocycles. The Labute approximate surface area is 96.2 Å². The van der Waals surface area contributed by atoms with Crippen LogP contribution >= 0.6 is 0 Å². The molecular formula is C12H19N3O. The summed E-state index contributed by atoms with van der Waals surface area (Å²) in [5.74, 6) is 0.910. The van der Waals surface area contributed by atoms with Gasteiger partial charge in [0.15, 0.2) is 0 Å². The molecule has 88 valence electrons. The summed E-state index contributed by atoms with van der Waals surface area (Å²) in [7, 11) is 1.68. The molecule has 1 unspecified atom stereocenters. The number of nitrogens with zero attached hydrogens (tertiary/aromatic N) is 1. The van der Waals surface area contributed by atoms with Gasteiger partial charge < -0.3 is 15.8 Å². The van der Waals surface area contributed by atoms with E-state index in [1.807, 2.05) is 6.07 Å². The molecule has 0 radical (unpaired) electrons. The number of pyridine rings is 1. The van der Waals surface area contributed by atoms with Crippen LogP contribution in [0.1, 0.15) is 17.7 Å². The van der Waals surface area contributed by atoms with Crippen molar-refractivity contribution < 1.29 is 4.74 Å². The Morgan fingerprint density at radius 2 is 2.38 bits per heavy atom. The van der Waals surface area contributed by atoms with Gasteiger partial charge in [-0.2, -0.15) is 0 Å². The maximum absolute atomic E-state index is 5.65. The van der Waals surface area contributed by atoms with Gasteiger partial charge in [0.25, 0.3) is 0 Å². The molecule has 0 bridgehead atoms. The number of fused-ring (bicyclic) bond motifs is 1. The van der Waals surface area contributed by atoms with Gasteiger partial charge in [0.1, 0.15) is 5.82 Å². The first-order valence-electron chi connectivity index (χ1n) is 5.78. The van der Waals surface area contributed by atoms with Gasteiger partial charge in [0.2, 0.25) is 0 Å². The van der Waals surface area contributed by atoms with Gasteiger partial charge >= 0.3 is 0 Å². The van der Waals surface area contributed by atoms with Gasteiger partial charge in [-0.3, -0.25) is 0 Å². The number of ether oxygens (including phenoxy) is 1. The first-order chi connectivity index (χ1) is 7.83. The maximum Gasteiger partial charge on any atom is 0.126 e. The minimum absolute atomic E-state index is 0.136. The highest BCUT2D eigenvalue weighted by Crippen LogP contribution is 2.21. The van der Waals surface area contributed by atoms with E-state index in [1.54, 1.807) is 7.11 Å². The third-order valence-electron chi connectivity index (χ3n) is 2.93. The third-order valence-corrected chi connectivity index (χ3v) is 2.93. The molecule has 0 aliphatic heterocycles. The number of anilines is 1. The van der Waals surface area contributed by atoms with E-state index in [1.165, 1.54) is 24.1 Å². The monoisotopic (exact) mass is 221 g/mol. The second kappa shape index (κ2) is 5.27. The van der Waals surface area contributed by atoms with Crippen LogP contribution in [0.15, 0.2) is 12.1 Å². The SMILES string of the molecule is COCC(CN)Nc1ccc2c(n1)CCC2. The van der Waals surface area contributed by atoms with Crippen LogP contribution in [0.4, 0.5) is 5.82 Å². The van der Waals surface area contributed by atoms with E-state index in [-0.39, 0.29) is 6.04 Å². The second-order valence-corrected chi connectivity index (χ2v) is 4.19. The molecule has 1 atom stereocenters. The highest BCUT2D eigenvalue weighted by atomic mass is 16.5. The quantitative estimate of drug-likeness (QED) is 0.777. The Bertz CT molecular complexity index is 354. The van der Waals surface area contributed by atoms with Crippen molar-refractivity contribution in [1.29, 1.82) is 0 Å². The zero-order valence-corrected chi connectivity index (χ0v) is 9.70. The van der Waals surface area contributed by atoms with Crippen LogP contribution < -0.4 is 11.1 Å². The number of aromatic nitrogens is 1. The van der Waals surface area contributed by atoms with Crippen molar-refractivity contribution in [3.63, 3.8) is 0 Å². The topological polar surface area (TPSA) is 60.2 Å². The normalized spacial score (nSPS) is 15.9. The van der Waals surface area contributed by atoms with Gasteiger partial charge in [0, 0.05) is 19.3 Å². The molecule has 0 spiro atoms. The van der Waals surface area contributed by atoms with Gasteiger partial charge in [-0.05, 0) is 30.9 Å². The van der Waals surface area contributed by atoms with Crippen LogP contribution in [0.25, 0.3) is 0 Å². The van der Waals surface area contributed by atoms with E-state index in [0.717, 1.165) is 12.2 Å². The van der Waals surface area contributed by atoms with Crippen LogP contribution in [0.5, 0.6) is 0 Å². The first kappa shape index (κ1) is 11.4. The number of nitrogens with two attached hydrogens (primary N) is 1. The largest absolute Gasteiger partial charge is 0.383 e. The molecule has 1 aliphatic rings. The van der Waals surface area contributed by atoms with Crippen molar-refractivity contribution in [2.45, 2.75) is 25.3 Å². The lowest BCUT2D eigenvalue weighted by molar-refractivity contribution is 0.187. The minimum atomic E-state index is 0.136. The first-order valence-corrected chi connectivity index (χ1v) is 5.78. The van der Waals surface area contributed by atoms with E-state index in [4.69, 9.17) is 10.5 Å². The van der Waals surface area contributed by atoms with E-state index in [2.05, 4.69) is 16.4 Å². The lowest BCUT2D eigenvalue weighted by atomic mass is 10.2. The predicted octanol–water partition coefficient (Wildman–Crippen LogP) is 0.956. The maximum atomic E-state index is 5.65. The smallest absolute Gasteiger partial charge is 0.126 e. The van der Waals surface area contributed by atoms with Gasteiger partial charge in [-0.1, -0.05) is 6.07 Å². The van der Waals surface area contributed by atoms with E-state index >= 15 is 0 Å². The summed E-state index contributed by atoms with van der Waals surface area (Å²) in [6.45, 7) is 1.15. The fourth-order valence-corrected chi connectivity index (χ4v) is 2.08. The Morgan fingerprint density at radius 1 is 1.50 bits per heavy atom. The fraction of sp³-hybridized carbons (Fsp3) is 0.583. The fourth-order valence-electron chi connectivity index (χ4n) is 2.08. The molecule has 3 N–H and O–H groups in total. The zero-order valence-electron chi connectivity index (χ0n) is 9.70. The number of nitrogens with one attached hydrogen (secondary N) is 1. The summed E-state index contributed by atoms with van der Waals surface area (Å²) in [6.07, 6.45) is 3.49. The standard InChI is InChI=1S/C12H19N3O/c1-16-8-10(7-13)14-12-6-5-9-3-2-4-11(9)15-12/h5-6,10H,2-4,7-8,13H2,1H3,(H,14,15). The van der Waals surface area contributed by atoms with Crippen molar-refractivity contribution in [1.82, 2.24) is 4.98 Å². The average Bonchev–Trinajstić information content (AvgIpc) is 2.75. The van der Waals surface area contributed by atoms with Gasteiger partial charge in [-0.15, -0.1) is 0 Å². The Balaban J connectivity index is 2.04. The lowest BCUT2D eigenvalue weighted by Gasteiger charge is -2.16. The molecule has 0 fully saturated rings. The molecular weight excluding hydrogens is 202 g/mol.